The summed E-state index contributed by atoms with van der Waals surface area (Å²) in [6, 6.07) is 10.4. The summed E-state index contributed by atoms with van der Waals surface area (Å²) >= 11 is 3.38. The zero-order chi connectivity index (χ0) is 17.5. The van der Waals surface area contributed by atoms with E-state index in [1.807, 2.05) is 18.2 Å². The molecule has 0 saturated carbocycles. The summed E-state index contributed by atoms with van der Waals surface area (Å²) in [6.45, 7) is 4.78. The number of rotatable bonds is 6. The first-order valence-corrected chi connectivity index (χ1v) is 8.57. The zero-order valence-electron chi connectivity index (χ0n) is 13.7. The highest BCUT2D eigenvalue weighted by atomic mass is 79.9. The Bertz CT molecular complexity index is 732. The number of nitrogens with zero attached hydrogens (tertiary/aromatic N) is 1. The summed E-state index contributed by atoms with van der Waals surface area (Å²) in [5, 5.41) is 5.62. The predicted octanol–water partition coefficient (Wildman–Crippen LogP) is 3.87. The van der Waals surface area contributed by atoms with Gasteiger partial charge in [-0.25, -0.2) is 0 Å². The van der Waals surface area contributed by atoms with Crippen molar-refractivity contribution in [1.82, 2.24) is 10.3 Å². The third-order valence-electron chi connectivity index (χ3n) is 3.38. The normalized spacial score (nSPS) is 10.5. The molecule has 1 heterocycles. The molecule has 2 rings (SSSR count). The first-order chi connectivity index (χ1) is 11.5. The van der Waals surface area contributed by atoms with Crippen LogP contribution in [0.2, 0.25) is 0 Å². The number of carbonyl (C=O) groups excluding carboxylic acids is 2. The number of carbonyl (C=O) groups is 2. The van der Waals surface area contributed by atoms with Crippen LogP contribution >= 0.6 is 15.9 Å². The van der Waals surface area contributed by atoms with Gasteiger partial charge in [-0.15, -0.1) is 0 Å². The Hall–Kier alpha value is -2.21. The number of hydrogen-bond donors (Lipinski definition) is 2. The number of amides is 2. The molecule has 0 aliphatic carbocycles. The number of halogens is 1. The monoisotopic (exact) mass is 389 g/mol. The molecule has 0 radical (unpaired) electrons. The second-order valence-electron chi connectivity index (χ2n) is 5.80. The molecule has 0 atom stereocenters. The minimum Gasteiger partial charge on any atom is -0.351 e. The van der Waals surface area contributed by atoms with Crippen molar-refractivity contribution in [3.63, 3.8) is 0 Å². The molecule has 0 spiro atoms. The maximum Gasteiger partial charge on any atom is 0.269 e. The van der Waals surface area contributed by atoms with Crippen molar-refractivity contribution in [3.05, 3.63) is 58.3 Å². The van der Waals surface area contributed by atoms with E-state index in [4.69, 9.17) is 0 Å². The standard InChI is InChI=1S/C18H20BrN3O2/c1-12(2)7-9-21-18(24)16-11-13(8-10-20-16)17(23)22-15-6-4-3-5-14(15)19/h3-6,8,10-12H,7,9H2,1-2H3,(H,21,24)(H,22,23). The number of pyridine rings is 1. The van der Waals surface area contributed by atoms with Gasteiger partial charge in [-0.3, -0.25) is 14.6 Å². The number of aromatic nitrogens is 1. The molecule has 2 amide bonds. The molecule has 2 N–H and O–H groups in total. The first-order valence-electron chi connectivity index (χ1n) is 7.77. The van der Waals surface area contributed by atoms with E-state index in [1.54, 1.807) is 12.1 Å². The van der Waals surface area contributed by atoms with Gasteiger partial charge >= 0.3 is 0 Å². The summed E-state index contributed by atoms with van der Waals surface area (Å²) in [5.41, 5.74) is 1.29. The van der Waals surface area contributed by atoms with Crippen LogP contribution in [0, 0.1) is 5.92 Å². The van der Waals surface area contributed by atoms with Crippen LogP contribution in [0.1, 0.15) is 41.1 Å². The second kappa shape index (κ2) is 8.59. The van der Waals surface area contributed by atoms with E-state index in [0.29, 0.717) is 23.7 Å². The van der Waals surface area contributed by atoms with Crippen LogP contribution in [0.5, 0.6) is 0 Å². The van der Waals surface area contributed by atoms with E-state index in [0.717, 1.165) is 10.9 Å². The van der Waals surface area contributed by atoms with E-state index in [-0.39, 0.29) is 17.5 Å². The van der Waals surface area contributed by atoms with Crippen LogP contribution in [0.4, 0.5) is 5.69 Å². The summed E-state index contributed by atoms with van der Waals surface area (Å²) in [7, 11) is 0. The maximum atomic E-state index is 12.4. The molecule has 0 bridgehead atoms. The molecule has 1 aromatic carbocycles. The molecule has 0 saturated heterocycles. The van der Waals surface area contributed by atoms with Gasteiger partial charge in [-0.1, -0.05) is 26.0 Å². The van der Waals surface area contributed by atoms with Crippen LogP contribution in [0.3, 0.4) is 0 Å². The summed E-state index contributed by atoms with van der Waals surface area (Å²) < 4.78 is 0.791. The smallest absolute Gasteiger partial charge is 0.269 e. The van der Waals surface area contributed by atoms with Crippen molar-refractivity contribution in [2.24, 2.45) is 5.92 Å². The van der Waals surface area contributed by atoms with E-state index in [2.05, 4.69) is 45.4 Å². The zero-order valence-corrected chi connectivity index (χ0v) is 15.3. The number of para-hydroxylation sites is 1. The summed E-state index contributed by atoms with van der Waals surface area (Å²) in [6.07, 6.45) is 2.36. The molecular formula is C18H20BrN3O2. The van der Waals surface area contributed by atoms with Crippen LogP contribution in [-0.4, -0.2) is 23.3 Å². The largest absolute Gasteiger partial charge is 0.351 e. The fourth-order valence-electron chi connectivity index (χ4n) is 2.02. The van der Waals surface area contributed by atoms with Crippen LogP contribution in [0.25, 0.3) is 0 Å². The Morgan fingerprint density at radius 2 is 1.92 bits per heavy atom. The number of benzene rings is 1. The predicted molar refractivity (Wildman–Crippen MR) is 98.1 cm³/mol. The van der Waals surface area contributed by atoms with Gasteiger partial charge in [0, 0.05) is 22.8 Å². The van der Waals surface area contributed by atoms with Crippen molar-refractivity contribution in [2.75, 3.05) is 11.9 Å². The molecule has 2 aromatic rings. The summed E-state index contributed by atoms with van der Waals surface area (Å²) in [5.74, 6) is -0.0496. The summed E-state index contributed by atoms with van der Waals surface area (Å²) in [4.78, 5) is 28.5. The molecular weight excluding hydrogens is 370 g/mol. The lowest BCUT2D eigenvalue weighted by Crippen LogP contribution is -2.26. The lowest BCUT2D eigenvalue weighted by Gasteiger charge is -2.09. The SMILES string of the molecule is CC(C)CCNC(=O)c1cc(C(=O)Nc2ccccc2Br)ccn1. The number of nitrogens with one attached hydrogen (secondary N) is 2. The van der Waals surface area contributed by atoms with Crippen molar-refractivity contribution in [3.8, 4) is 0 Å². The number of anilines is 1. The lowest BCUT2D eigenvalue weighted by molar-refractivity contribution is 0.0947. The van der Waals surface area contributed by atoms with Gasteiger partial charge in [-0.2, -0.15) is 0 Å². The van der Waals surface area contributed by atoms with Crippen molar-refractivity contribution < 1.29 is 9.59 Å². The highest BCUT2D eigenvalue weighted by molar-refractivity contribution is 9.10. The first kappa shape index (κ1) is 18.1. The molecule has 126 valence electrons. The molecule has 0 aliphatic rings. The van der Waals surface area contributed by atoms with Gasteiger partial charge in [-0.05, 0) is 52.5 Å². The maximum absolute atomic E-state index is 12.4. The Labute approximate surface area is 150 Å². The Morgan fingerprint density at radius 3 is 2.62 bits per heavy atom. The van der Waals surface area contributed by atoms with Crippen molar-refractivity contribution in [1.29, 1.82) is 0 Å². The fourth-order valence-corrected chi connectivity index (χ4v) is 2.40. The van der Waals surface area contributed by atoms with E-state index >= 15 is 0 Å². The quantitative estimate of drug-likeness (QED) is 0.787. The van der Waals surface area contributed by atoms with Crippen LogP contribution < -0.4 is 10.6 Å². The Balaban J connectivity index is 2.05. The Morgan fingerprint density at radius 1 is 1.17 bits per heavy atom. The lowest BCUT2D eigenvalue weighted by atomic mass is 10.1. The van der Waals surface area contributed by atoms with Crippen LogP contribution in [-0.2, 0) is 0 Å². The molecule has 6 heteroatoms. The minimum atomic E-state index is -0.291. The molecule has 5 nitrogen and oxygen atoms in total. The molecule has 0 fully saturated rings. The van der Waals surface area contributed by atoms with Gasteiger partial charge in [0.1, 0.15) is 5.69 Å². The third kappa shape index (κ3) is 5.16. The van der Waals surface area contributed by atoms with Crippen LogP contribution in [0.15, 0.2) is 47.1 Å². The van der Waals surface area contributed by atoms with Crippen molar-refractivity contribution in [2.45, 2.75) is 20.3 Å². The second-order valence-corrected chi connectivity index (χ2v) is 6.66. The van der Waals surface area contributed by atoms with Gasteiger partial charge in [0.25, 0.3) is 11.8 Å². The van der Waals surface area contributed by atoms with Gasteiger partial charge in [0.15, 0.2) is 0 Å². The molecule has 0 unspecified atom stereocenters. The average molecular weight is 390 g/mol. The third-order valence-corrected chi connectivity index (χ3v) is 4.08. The van der Waals surface area contributed by atoms with Gasteiger partial charge < -0.3 is 10.6 Å². The highest BCUT2D eigenvalue weighted by Crippen LogP contribution is 2.21. The van der Waals surface area contributed by atoms with E-state index < -0.39 is 0 Å². The molecule has 1 aromatic heterocycles. The van der Waals surface area contributed by atoms with E-state index in [9.17, 15) is 9.59 Å². The fraction of sp³-hybridized carbons (Fsp3) is 0.278. The molecule has 24 heavy (non-hydrogen) atoms. The van der Waals surface area contributed by atoms with Crippen molar-refractivity contribution >= 4 is 33.4 Å². The topological polar surface area (TPSA) is 71.1 Å². The number of hydrogen-bond acceptors (Lipinski definition) is 3. The van der Waals surface area contributed by atoms with Gasteiger partial charge in [0.05, 0.1) is 5.69 Å². The van der Waals surface area contributed by atoms with E-state index in [1.165, 1.54) is 12.3 Å². The Kier molecular flexibility index (Phi) is 6.49. The van der Waals surface area contributed by atoms with Gasteiger partial charge in [0.2, 0.25) is 0 Å². The average Bonchev–Trinajstić information content (AvgIpc) is 2.56. The highest BCUT2D eigenvalue weighted by Gasteiger charge is 2.12. The molecule has 0 aliphatic heterocycles. The minimum absolute atomic E-state index is 0.235.